The summed E-state index contributed by atoms with van der Waals surface area (Å²) in [7, 11) is 0. The lowest BCUT2D eigenvalue weighted by molar-refractivity contribution is 0.522. The van der Waals surface area contributed by atoms with Crippen molar-refractivity contribution in [2.45, 2.75) is 38.8 Å². The van der Waals surface area contributed by atoms with E-state index >= 15 is 0 Å². The van der Waals surface area contributed by atoms with Crippen molar-refractivity contribution in [2.24, 2.45) is 5.73 Å². The molecule has 3 N–H and O–H groups in total. The second kappa shape index (κ2) is 7.53. The van der Waals surface area contributed by atoms with Gasteiger partial charge in [-0.05, 0) is 31.9 Å². The number of nitrogens with zero attached hydrogens (tertiary/aromatic N) is 1. The molecule has 20 heavy (non-hydrogen) atoms. The average molecular weight is 289 g/mol. The third kappa shape index (κ3) is 4.13. The summed E-state index contributed by atoms with van der Waals surface area (Å²) in [5, 5.41) is 4.67. The molecule has 0 aliphatic carbocycles. The molecule has 2 unspecified atom stereocenters. The monoisotopic (exact) mass is 289 g/mol. The van der Waals surface area contributed by atoms with Crippen LogP contribution >= 0.6 is 11.3 Å². The molecule has 0 radical (unpaired) electrons. The number of thiazole rings is 1. The molecule has 2 aromatic rings. The number of nitrogens with two attached hydrogens (primary N) is 1. The van der Waals surface area contributed by atoms with Crippen molar-refractivity contribution in [3.05, 3.63) is 52.0 Å². The number of hydrogen-bond donors (Lipinski definition) is 2. The highest BCUT2D eigenvalue weighted by Crippen LogP contribution is 2.20. The summed E-state index contributed by atoms with van der Waals surface area (Å²) in [6.45, 7) is 5.22. The molecule has 0 aliphatic heterocycles. The zero-order chi connectivity index (χ0) is 14.4. The number of aryl methyl sites for hydroxylation is 1. The van der Waals surface area contributed by atoms with Crippen LogP contribution in [-0.4, -0.2) is 11.5 Å². The van der Waals surface area contributed by atoms with E-state index in [0.717, 1.165) is 24.4 Å². The van der Waals surface area contributed by atoms with Crippen LogP contribution in [0.25, 0.3) is 0 Å². The summed E-state index contributed by atoms with van der Waals surface area (Å²) in [5.74, 6) is 0. The van der Waals surface area contributed by atoms with E-state index < -0.39 is 0 Å². The fourth-order valence-corrected chi connectivity index (χ4v) is 2.98. The quantitative estimate of drug-likeness (QED) is 0.821. The van der Waals surface area contributed by atoms with E-state index in [1.54, 1.807) is 11.3 Å². The molecule has 0 bridgehead atoms. The molecule has 2 atom stereocenters. The van der Waals surface area contributed by atoms with E-state index in [1.165, 1.54) is 10.4 Å². The molecular formula is C16H23N3S. The Kier molecular flexibility index (Phi) is 5.71. The Hall–Kier alpha value is -1.23. The van der Waals surface area contributed by atoms with Gasteiger partial charge in [0, 0.05) is 17.1 Å². The summed E-state index contributed by atoms with van der Waals surface area (Å²) in [4.78, 5) is 5.81. The van der Waals surface area contributed by atoms with Gasteiger partial charge >= 0.3 is 0 Å². The molecule has 1 heterocycles. The minimum absolute atomic E-state index is 0.0957. The topological polar surface area (TPSA) is 50.9 Å². The van der Waals surface area contributed by atoms with E-state index in [4.69, 9.17) is 5.73 Å². The highest BCUT2D eigenvalue weighted by Gasteiger charge is 2.10. The SMILES string of the molecule is CCc1cnc(C(C)NCCC(N)c2ccccc2)s1. The maximum absolute atomic E-state index is 6.19. The zero-order valence-electron chi connectivity index (χ0n) is 12.2. The van der Waals surface area contributed by atoms with Gasteiger partial charge in [-0.3, -0.25) is 0 Å². The maximum Gasteiger partial charge on any atom is 0.109 e. The van der Waals surface area contributed by atoms with Crippen molar-refractivity contribution in [1.29, 1.82) is 0 Å². The number of rotatable bonds is 7. The summed E-state index contributed by atoms with van der Waals surface area (Å²) >= 11 is 1.79. The van der Waals surface area contributed by atoms with E-state index in [1.807, 2.05) is 24.4 Å². The Morgan fingerprint density at radius 3 is 2.70 bits per heavy atom. The Balaban J connectivity index is 1.78. The molecule has 0 amide bonds. The van der Waals surface area contributed by atoms with Crippen LogP contribution in [0.15, 0.2) is 36.5 Å². The first-order valence-electron chi connectivity index (χ1n) is 7.19. The van der Waals surface area contributed by atoms with Crippen molar-refractivity contribution in [1.82, 2.24) is 10.3 Å². The van der Waals surface area contributed by atoms with Gasteiger partial charge < -0.3 is 11.1 Å². The molecule has 3 nitrogen and oxygen atoms in total. The summed E-state index contributed by atoms with van der Waals surface area (Å²) < 4.78 is 0. The van der Waals surface area contributed by atoms with E-state index in [2.05, 4.69) is 36.3 Å². The van der Waals surface area contributed by atoms with Crippen molar-refractivity contribution >= 4 is 11.3 Å². The number of nitrogens with one attached hydrogen (secondary N) is 1. The van der Waals surface area contributed by atoms with Gasteiger partial charge in [0.1, 0.15) is 5.01 Å². The molecule has 1 aromatic carbocycles. The molecule has 4 heteroatoms. The molecule has 0 spiro atoms. The Morgan fingerprint density at radius 1 is 1.30 bits per heavy atom. The third-order valence-electron chi connectivity index (χ3n) is 3.42. The summed E-state index contributed by atoms with van der Waals surface area (Å²) in [5.41, 5.74) is 7.39. The van der Waals surface area contributed by atoms with Crippen LogP contribution in [0.2, 0.25) is 0 Å². The van der Waals surface area contributed by atoms with Gasteiger partial charge in [-0.1, -0.05) is 37.3 Å². The van der Waals surface area contributed by atoms with Crippen LogP contribution in [0.5, 0.6) is 0 Å². The second-order valence-electron chi connectivity index (χ2n) is 5.00. The highest BCUT2D eigenvalue weighted by atomic mass is 32.1. The Labute approximate surface area is 125 Å². The molecule has 0 saturated carbocycles. The van der Waals surface area contributed by atoms with Gasteiger partial charge in [0.25, 0.3) is 0 Å². The first kappa shape index (κ1) is 15.2. The first-order chi connectivity index (χ1) is 9.70. The first-order valence-corrected chi connectivity index (χ1v) is 8.01. The molecule has 1 aromatic heterocycles. The van der Waals surface area contributed by atoms with Crippen LogP contribution in [0.3, 0.4) is 0 Å². The lowest BCUT2D eigenvalue weighted by Crippen LogP contribution is -2.23. The second-order valence-corrected chi connectivity index (χ2v) is 6.15. The highest BCUT2D eigenvalue weighted by molar-refractivity contribution is 7.11. The number of benzene rings is 1. The molecule has 0 saturated heterocycles. The van der Waals surface area contributed by atoms with Crippen LogP contribution in [-0.2, 0) is 6.42 Å². The Bertz CT molecular complexity index is 509. The van der Waals surface area contributed by atoms with E-state index in [0.29, 0.717) is 6.04 Å². The van der Waals surface area contributed by atoms with Gasteiger partial charge in [-0.15, -0.1) is 11.3 Å². The van der Waals surface area contributed by atoms with Crippen molar-refractivity contribution in [3.63, 3.8) is 0 Å². The van der Waals surface area contributed by atoms with Crippen molar-refractivity contribution in [3.8, 4) is 0 Å². The molecule has 2 rings (SSSR count). The molecular weight excluding hydrogens is 266 g/mol. The van der Waals surface area contributed by atoms with Crippen LogP contribution in [0, 0.1) is 0 Å². The average Bonchev–Trinajstić information content (AvgIpc) is 2.97. The van der Waals surface area contributed by atoms with Gasteiger partial charge in [0.2, 0.25) is 0 Å². The smallest absolute Gasteiger partial charge is 0.109 e. The minimum Gasteiger partial charge on any atom is -0.324 e. The van der Waals surface area contributed by atoms with Gasteiger partial charge in [0.05, 0.1) is 6.04 Å². The predicted molar refractivity (Wildman–Crippen MR) is 85.9 cm³/mol. The summed E-state index contributed by atoms with van der Waals surface area (Å²) in [6, 6.07) is 10.6. The van der Waals surface area contributed by atoms with Crippen LogP contribution < -0.4 is 11.1 Å². The number of hydrogen-bond acceptors (Lipinski definition) is 4. The molecule has 0 aliphatic rings. The summed E-state index contributed by atoms with van der Waals surface area (Å²) in [6.07, 6.45) is 3.97. The Morgan fingerprint density at radius 2 is 2.05 bits per heavy atom. The third-order valence-corrected chi connectivity index (χ3v) is 4.75. The van der Waals surface area contributed by atoms with Crippen LogP contribution in [0.1, 0.15) is 47.8 Å². The maximum atomic E-state index is 6.19. The lowest BCUT2D eigenvalue weighted by atomic mass is 10.0. The standard InChI is InChI=1S/C16H23N3S/c1-3-14-11-19-16(20-14)12(2)18-10-9-15(17)13-7-5-4-6-8-13/h4-8,11-12,15,18H,3,9-10,17H2,1-2H3. The largest absolute Gasteiger partial charge is 0.324 e. The van der Waals surface area contributed by atoms with E-state index in [9.17, 15) is 0 Å². The fraction of sp³-hybridized carbons (Fsp3) is 0.438. The molecule has 108 valence electrons. The van der Waals surface area contributed by atoms with Gasteiger partial charge in [-0.2, -0.15) is 0 Å². The van der Waals surface area contributed by atoms with Crippen molar-refractivity contribution < 1.29 is 0 Å². The normalized spacial score (nSPS) is 14.2. The van der Waals surface area contributed by atoms with Gasteiger partial charge in [-0.25, -0.2) is 4.98 Å². The zero-order valence-corrected chi connectivity index (χ0v) is 13.0. The number of aromatic nitrogens is 1. The molecule has 0 fully saturated rings. The van der Waals surface area contributed by atoms with E-state index in [-0.39, 0.29) is 6.04 Å². The lowest BCUT2D eigenvalue weighted by Gasteiger charge is -2.15. The van der Waals surface area contributed by atoms with Gasteiger partial charge in [0.15, 0.2) is 0 Å². The minimum atomic E-state index is 0.0957. The van der Waals surface area contributed by atoms with Crippen LogP contribution in [0.4, 0.5) is 0 Å². The van der Waals surface area contributed by atoms with Crippen molar-refractivity contribution in [2.75, 3.05) is 6.54 Å². The fourth-order valence-electron chi connectivity index (χ4n) is 2.10. The predicted octanol–water partition coefficient (Wildman–Crippen LogP) is 3.45.